The van der Waals surface area contributed by atoms with E-state index in [1.807, 2.05) is 24.3 Å². The molecule has 7 nitrogen and oxygen atoms in total. The lowest BCUT2D eigenvalue weighted by atomic mass is 10.2. The molecule has 1 aliphatic heterocycles. The molecule has 0 spiro atoms. The highest BCUT2D eigenvalue weighted by molar-refractivity contribution is 7.15. The van der Waals surface area contributed by atoms with Crippen molar-refractivity contribution >= 4 is 33.2 Å². The van der Waals surface area contributed by atoms with Gasteiger partial charge in [-0.2, -0.15) is 0 Å². The van der Waals surface area contributed by atoms with Crippen LogP contribution in [0.3, 0.4) is 0 Å². The van der Waals surface area contributed by atoms with Crippen molar-refractivity contribution in [3.63, 3.8) is 0 Å². The van der Waals surface area contributed by atoms with E-state index < -0.39 is 0 Å². The first kappa shape index (κ1) is 19.8. The van der Waals surface area contributed by atoms with Crippen LogP contribution in [0.1, 0.15) is 16.4 Å². The monoisotopic (exact) mass is 435 g/mol. The molecular formula is C22H22FN7S. The van der Waals surface area contributed by atoms with E-state index in [0.29, 0.717) is 18.8 Å². The number of fused-ring (bicyclic) bond motifs is 1. The number of anilines is 2. The normalized spacial score (nSPS) is 14.9. The fourth-order valence-corrected chi connectivity index (χ4v) is 4.66. The van der Waals surface area contributed by atoms with E-state index in [-0.39, 0.29) is 5.82 Å². The predicted molar refractivity (Wildman–Crippen MR) is 121 cm³/mol. The quantitative estimate of drug-likeness (QED) is 0.516. The van der Waals surface area contributed by atoms with Gasteiger partial charge in [-0.25, -0.2) is 14.4 Å². The molecule has 0 unspecified atom stereocenters. The number of rotatable bonds is 5. The second-order valence-corrected chi connectivity index (χ2v) is 8.63. The zero-order valence-electron chi connectivity index (χ0n) is 16.9. The minimum Gasteiger partial charge on any atom is -0.383 e. The zero-order chi connectivity index (χ0) is 21.2. The minimum atomic E-state index is -0.226. The molecule has 0 amide bonds. The Kier molecular flexibility index (Phi) is 5.44. The first-order valence-electron chi connectivity index (χ1n) is 10.2. The lowest BCUT2D eigenvalue weighted by Gasteiger charge is -2.33. The number of para-hydroxylation sites is 1. The summed E-state index contributed by atoms with van der Waals surface area (Å²) in [7, 11) is 0. The third kappa shape index (κ3) is 4.47. The standard InChI is InChI=1S/C22H22FN7S/c23-16-7-5-15(6-8-16)13-20-27-28-22(31-20)30-11-9-29(10-12-30)14-19-25-18-4-2-1-3-17(18)21(24)26-19/h1-8H,9-14H2,(H2,24,25,26). The molecule has 2 aromatic carbocycles. The van der Waals surface area contributed by atoms with Gasteiger partial charge in [-0.1, -0.05) is 35.6 Å². The molecule has 0 aliphatic carbocycles. The van der Waals surface area contributed by atoms with E-state index in [9.17, 15) is 4.39 Å². The van der Waals surface area contributed by atoms with Crippen molar-refractivity contribution in [2.24, 2.45) is 0 Å². The van der Waals surface area contributed by atoms with Gasteiger partial charge in [0.2, 0.25) is 5.13 Å². The molecule has 1 fully saturated rings. The summed E-state index contributed by atoms with van der Waals surface area (Å²) in [6.45, 7) is 4.20. The Bertz CT molecular complexity index is 1190. The smallest absolute Gasteiger partial charge is 0.208 e. The molecule has 1 saturated heterocycles. The van der Waals surface area contributed by atoms with Crippen LogP contribution in [0.5, 0.6) is 0 Å². The molecule has 31 heavy (non-hydrogen) atoms. The molecule has 0 saturated carbocycles. The molecule has 0 radical (unpaired) electrons. The lowest BCUT2D eigenvalue weighted by molar-refractivity contribution is 0.244. The summed E-state index contributed by atoms with van der Waals surface area (Å²) in [5.41, 5.74) is 8.03. The van der Waals surface area contributed by atoms with E-state index in [1.165, 1.54) is 12.1 Å². The summed E-state index contributed by atoms with van der Waals surface area (Å²) in [4.78, 5) is 13.8. The Balaban J connectivity index is 1.19. The van der Waals surface area contributed by atoms with E-state index in [2.05, 4.69) is 30.0 Å². The summed E-state index contributed by atoms with van der Waals surface area (Å²) in [5.74, 6) is 1.06. The lowest BCUT2D eigenvalue weighted by Crippen LogP contribution is -2.46. The molecule has 2 aromatic heterocycles. The third-order valence-electron chi connectivity index (χ3n) is 5.41. The molecule has 3 heterocycles. The first-order chi connectivity index (χ1) is 15.1. The van der Waals surface area contributed by atoms with Crippen LogP contribution in [0.25, 0.3) is 10.9 Å². The molecule has 158 valence electrons. The Labute approximate surface area is 183 Å². The van der Waals surface area contributed by atoms with Gasteiger partial charge in [0.05, 0.1) is 12.1 Å². The number of hydrogen-bond acceptors (Lipinski definition) is 8. The van der Waals surface area contributed by atoms with Gasteiger partial charge in [0.25, 0.3) is 0 Å². The second kappa shape index (κ2) is 8.52. The number of nitrogens with two attached hydrogens (primary N) is 1. The van der Waals surface area contributed by atoms with Crippen molar-refractivity contribution in [1.82, 2.24) is 25.1 Å². The molecule has 9 heteroatoms. The predicted octanol–water partition coefficient (Wildman–Crippen LogP) is 3.12. The van der Waals surface area contributed by atoms with Crippen molar-refractivity contribution in [1.29, 1.82) is 0 Å². The number of halogens is 1. The molecule has 0 bridgehead atoms. The van der Waals surface area contributed by atoms with Gasteiger partial charge in [0.1, 0.15) is 22.5 Å². The van der Waals surface area contributed by atoms with E-state index in [0.717, 1.165) is 58.6 Å². The maximum absolute atomic E-state index is 13.1. The van der Waals surface area contributed by atoms with E-state index in [4.69, 9.17) is 5.73 Å². The number of aromatic nitrogens is 4. The number of nitrogens with zero attached hydrogens (tertiary/aromatic N) is 6. The van der Waals surface area contributed by atoms with Gasteiger partial charge in [-0.3, -0.25) is 4.90 Å². The molecule has 2 N–H and O–H groups in total. The highest BCUT2D eigenvalue weighted by Crippen LogP contribution is 2.24. The average molecular weight is 436 g/mol. The van der Waals surface area contributed by atoms with Crippen LogP contribution in [0.2, 0.25) is 0 Å². The van der Waals surface area contributed by atoms with Crippen LogP contribution in [-0.2, 0) is 13.0 Å². The molecule has 0 atom stereocenters. The summed E-state index contributed by atoms with van der Waals surface area (Å²) in [5, 5.41) is 11.4. The van der Waals surface area contributed by atoms with E-state index in [1.54, 1.807) is 23.5 Å². The van der Waals surface area contributed by atoms with Gasteiger partial charge in [-0.15, -0.1) is 10.2 Å². The Morgan fingerprint density at radius 2 is 1.71 bits per heavy atom. The summed E-state index contributed by atoms with van der Waals surface area (Å²) >= 11 is 1.60. The van der Waals surface area contributed by atoms with Gasteiger partial charge >= 0.3 is 0 Å². The van der Waals surface area contributed by atoms with Crippen molar-refractivity contribution in [2.45, 2.75) is 13.0 Å². The summed E-state index contributed by atoms with van der Waals surface area (Å²) in [6, 6.07) is 14.3. The topological polar surface area (TPSA) is 84.1 Å². The number of hydrogen-bond donors (Lipinski definition) is 1. The Morgan fingerprint density at radius 3 is 2.52 bits per heavy atom. The Morgan fingerprint density at radius 1 is 0.935 bits per heavy atom. The van der Waals surface area contributed by atoms with Crippen molar-refractivity contribution in [2.75, 3.05) is 36.8 Å². The molecule has 5 rings (SSSR count). The van der Waals surface area contributed by atoms with Crippen molar-refractivity contribution in [3.8, 4) is 0 Å². The van der Waals surface area contributed by atoms with Crippen LogP contribution >= 0.6 is 11.3 Å². The van der Waals surface area contributed by atoms with Crippen LogP contribution in [-0.4, -0.2) is 51.2 Å². The molecular weight excluding hydrogens is 413 g/mol. The maximum Gasteiger partial charge on any atom is 0.208 e. The number of benzene rings is 2. The Hall–Kier alpha value is -3.17. The summed E-state index contributed by atoms with van der Waals surface area (Å²) < 4.78 is 13.1. The maximum atomic E-state index is 13.1. The fraction of sp³-hybridized carbons (Fsp3) is 0.273. The van der Waals surface area contributed by atoms with Crippen molar-refractivity contribution in [3.05, 3.63) is 70.7 Å². The zero-order valence-corrected chi connectivity index (χ0v) is 17.7. The van der Waals surface area contributed by atoms with E-state index >= 15 is 0 Å². The van der Waals surface area contributed by atoms with Gasteiger partial charge < -0.3 is 10.6 Å². The summed E-state index contributed by atoms with van der Waals surface area (Å²) in [6.07, 6.45) is 0.665. The van der Waals surface area contributed by atoms with Crippen molar-refractivity contribution < 1.29 is 4.39 Å². The fourth-order valence-electron chi connectivity index (χ4n) is 3.74. The van der Waals surface area contributed by atoms with Crippen LogP contribution in [0, 0.1) is 5.82 Å². The molecule has 4 aromatic rings. The largest absolute Gasteiger partial charge is 0.383 e. The highest BCUT2D eigenvalue weighted by atomic mass is 32.1. The second-order valence-electron chi connectivity index (χ2n) is 7.59. The highest BCUT2D eigenvalue weighted by Gasteiger charge is 2.21. The van der Waals surface area contributed by atoms with Crippen LogP contribution in [0.15, 0.2) is 48.5 Å². The molecule has 1 aliphatic rings. The number of piperazine rings is 1. The van der Waals surface area contributed by atoms with Crippen LogP contribution in [0.4, 0.5) is 15.3 Å². The van der Waals surface area contributed by atoms with Gasteiger partial charge in [-0.05, 0) is 29.8 Å². The van der Waals surface area contributed by atoms with Gasteiger partial charge in [0, 0.05) is 38.0 Å². The minimum absolute atomic E-state index is 0.226. The first-order valence-corrected chi connectivity index (χ1v) is 11.0. The third-order valence-corrected chi connectivity index (χ3v) is 6.40. The average Bonchev–Trinajstić information content (AvgIpc) is 3.24. The number of nitrogen functional groups attached to an aromatic ring is 1. The van der Waals surface area contributed by atoms with Crippen LogP contribution < -0.4 is 10.6 Å². The van der Waals surface area contributed by atoms with Gasteiger partial charge in [0.15, 0.2) is 0 Å². The SMILES string of the molecule is Nc1nc(CN2CCN(c3nnc(Cc4ccc(F)cc4)s3)CC2)nc2ccccc12.